The largest absolute Gasteiger partial charge is 0.462 e. The monoisotopic (exact) mass is 485 g/mol. The summed E-state index contributed by atoms with van der Waals surface area (Å²) in [6.07, 6.45) is 1.68. The molecule has 9 heteroatoms. The molecule has 0 bridgehead atoms. The molecule has 0 unspecified atom stereocenters. The molecule has 0 aliphatic heterocycles. The normalized spacial score (nSPS) is 11.2. The molecule has 184 valence electrons. The summed E-state index contributed by atoms with van der Waals surface area (Å²) in [4.78, 5) is 42.5. The number of anilines is 1. The molecule has 2 aromatic carbocycles. The lowest BCUT2D eigenvalue weighted by molar-refractivity contribution is -0.152. The molecule has 0 fully saturated rings. The van der Waals surface area contributed by atoms with Crippen molar-refractivity contribution in [2.45, 2.75) is 19.3 Å². The van der Waals surface area contributed by atoms with Gasteiger partial charge in [-0.15, -0.1) is 0 Å². The highest BCUT2D eigenvalue weighted by Gasteiger charge is 2.25. The Hall–Kier alpha value is -4.53. The predicted molar refractivity (Wildman–Crippen MR) is 136 cm³/mol. The van der Waals surface area contributed by atoms with E-state index < -0.39 is 17.3 Å². The van der Waals surface area contributed by atoms with E-state index in [1.165, 1.54) is 4.90 Å². The molecule has 0 radical (unpaired) electrons. The minimum absolute atomic E-state index is 0.214. The van der Waals surface area contributed by atoms with Crippen molar-refractivity contribution in [1.29, 1.82) is 0 Å². The van der Waals surface area contributed by atoms with Gasteiger partial charge in [0.2, 0.25) is 0 Å². The molecule has 0 aliphatic rings. The third-order valence-corrected chi connectivity index (χ3v) is 6.04. The topological polar surface area (TPSA) is 106 Å². The van der Waals surface area contributed by atoms with Gasteiger partial charge < -0.3 is 10.1 Å². The van der Waals surface area contributed by atoms with Crippen molar-refractivity contribution in [2.24, 2.45) is 0 Å². The van der Waals surface area contributed by atoms with Crippen LogP contribution in [0.3, 0.4) is 0 Å². The SMILES string of the molecule is COC(=O)C(=O)NCC(C)(C)c1ccc(C(=O)N(C)c2cc(-c3ccccc3)n3nccc3n2)cc1. The van der Waals surface area contributed by atoms with E-state index in [0.29, 0.717) is 17.0 Å². The van der Waals surface area contributed by atoms with E-state index in [9.17, 15) is 14.4 Å². The lowest BCUT2D eigenvalue weighted by Crippen LogP contribution is -2.40. The zero-order chi connectivity index (χ0) is 25.9. The Kier molecular flexibility index (Phi) is 6.82. The van der Waals surface area contributed by atoms with Crippen LogP contribution in [0.2, 0.25) is 0 Å². The average Bonchev–Trinajstić information content (AvgIpc) is 3.39. The standard InChI is InChI=1S/C27H27N5O4/c1-27(2,17-28-24(33)26(35)36-4)20-12-10-19(11-13-20)25(34)31(3)23-16-21(18-8-6-5-7-9-18)32-22(30-23)14-15-29-32/h5-16H,17H2,1-4H3,(H,28,33). The fraction of sp³-hybridized carbons (Fsp3) is 0.222. The number of esters is 1. The zero-order valence-electron chi connectivity index (χ0n) is 20.6. The molecular formula is C27H27N5O4. The van der Waals surface area contributed by atoms with Crippen LogP contribution in [0, 0.1) is 0 Å². The fourth-order valence-corrected chi connectivity index (χ4v) is 3.82. The minimum atomic E-state index is -0.937. The summed E-state index contributed by atoms with van der Waals surface area (Å²) in [6, 6.07) is 20.6. The number of fused-ring (bicyclic) bond motifs is 1. The van der Waals surface area contributed by atoms with E-state index >= 15 is 0 Å². The van der Waals surface area contributed by atoms with Crippen LogP contribution in [0.1, 0.15) is 29.8 Å². The quantitative estimate of drug-likeness (QED) is 0.332. The van der Waals surface area contributed by atoms with Crippen molar-refractivity contribution in [3.63, 3.8) is 0 Å². The Labute approximate surface area is 208 Å². The summed E-state index contributed by atoms with van der Waals surface area (Å²) >= 11 is 0. The lowest BCUT2D eigenvalue weighted by atomic mass is 9.84. The number of amides is 2. The third kappa shape index (κ3) is 4.95. The summed E-state index contributed by atoms with van der Waals surface area (Å²) < 4.78 is 6.18. The molecule has 36 heavy (non-hydrogen) atoms. The first kappa shape index (κ1) is 24.6. The smallest absolute Gasteiger partial charge is 0.396 e. The Morgan fingerprint density at radius 3 is 2.39 bits per heavy atom. The van der Waals surface area contributed by atoms with Crippen LogP contribution in [0.25, 0.3) is 16.9 Å². The summed E-state index contributed by atoms with van der Waals surface area (Å²) in [5.41, 5.74) is 3.34. The number of methoxy groups -OCH3 is 1. The van der Waals surface area contributed by atoms with E-state index in [1.54, 1.807) is 36.0 Å². The van der Waals surface area contributed by atoms with Crippen LogP contribution in [0.15, 0.2) is 72.9 Å². The Balaban J connectivity index is 1.55. The van der Waals surface area contributed by atoms with Crippen LogP contribution in [-0.4, -0.2) is 53.1 Å². The van der Waals surface area contributed by atoms with Crippen molar-refractivity contribution in [1.82, 2.24) is 19.9 Å². The number of nitrogens with one attached hydrogen (secondary N) is 1. The first-order chi connectivity index (χ1) is 17.2. The molecule has 0 aliphatic carbocycles. The van der Waals surface area contributed by atoms with Gasteiger partial charge in [-0.3, -0.25) is 14.5 Å². The highest BCUT2D eigenvalue weighted by molar-refractivity contribution is 6.32. The number of aromatic nitrogens is 3. The number of rotatable bonds is 6. The number of carbonyl (C=O) groups is 3. The molecule has 1 N–H and O–H groups in total. The number of nitrogens with zero attached hydrogens (tertiary/aromatic N) is 4. The summed E-state index contributed by atoms with van der Waals surface area (Å²) in [5.74, 6) is -1.44. The van der Waals surface area contributed by atoms with E-state index in [0.717, 1.165) is 23.9 Å². The maximum atomic E-state index is 13.3. The lowest BCUT2D eigenvalue weighted by Gasteiger charge is -2.26. The van der Waals surface area contributed by atoms with Gasteiger partial charge in [-0.2, -0.15) is 5.10 Å². The Morgan fingerprint density at radius 2 is 1.72 bits per heavy atom. The van der Waals surface area contributed by atoms with Crippen LogP contribution < -0.4 is 10.2 Å². The van der Waals surface area contributed by atoms with E-state index in [1.807, 2.05) is 62.4 Å². The first-order valence-corrected chi connectivity index (χ1v) is 11.4. The van der Waals surface area contributed by atoms with E-state index in [4.69, 9.17) is 0 Å². The summed E-state index contributed by atoms with van der Waals surface area (Å²) in [5, 5.41) is 6.95. The average molecular weight is 486 g/mol. The van der Waals surface area contributed by atoms with Gasteiger partial charge in [-0.05, 0) is 17.7 Å². The molecule has 9 nitrogen and oxygen atoms in total. The Bertz CT molecular complexity index is 1410. The first-order valence-electron chi connectivity index (χ1n) is 11.4. The number of carbonyl (C=O) groups excluding carboxylic acids is 3. The molecule has 0 saturated carbocycles. The van der Waals surface area contributed by atoms with Gasteiger partial charge in [0, 0.05) is 42.3 Å². The van der Waals surface area contributed by atoms with Crippen molar-refractivity contribution in [3.05, 3.63) is 84.1 Å². The number of benzene rings is 2. The summed E-state index contributed by atoms with van der Waals surface area (Å²) in [6.45, 7) is 4.10. The second kappa shape index (κ2) is 9.99. The number of ether oxygens (including phenoxy) is 1. The van der Waals surface area contributed by atoms with Gasteiger partial charge in [-0.1, -0.05) is 56.3 Å². The second-order valence-electron chi connectivity index (χ2n) is 8.97. The van der Waals surface area contributed by atoms with Crippen molar-refractivity contribution < 1.29 is 19.1 Å². The van der Waals surface area contributed by atoms with Gasteiger partial charge in [0.05, 0.1) is 19.0 Å². The molecule has 2 aromatic heterocycles. The summed E-state index contributed by atoms with van der Waals surface area (Å²) in [7, 11) is 2.85. The molecule has 4 rings (SSSR count). The van der Waals surface area contributed by atoms with Gasteiger partial charge in [0.15, 0.2) is 5.65 Å². The molecular weight excluding hydrogens is 458 g/mol. The maximum Gasteiger partial charge on any atom is 0.396 e. The van der Waals surface area contributed by atoms with E-state index in [-0.39, 0.29) is 12.5 Å². The predicted octanol–water partition coefficient (Wildman–Crippen LogP) is 3.24. The fourth-order valence-electron chi connectivity index (χ4n) is 3.82. The van der Waals surface area contributed by atoms with Gasteiger partial charge in [0.1, 0.15) is 5.82 Å². The van der Waals surface area contributed by atoms with E-state index in [2.05, 4.69) is 20.1 Å². The molecule has 4 aromatic rings. The molecule has 2 amide bonds. The van der Waals surface area contributed by atoms with Crippen LogP contribution in [0.5, 0.6) is 0 Å². The maximum absolute atomic E-state index is 13.3. The Morgan fingerprint density at radius 1 is 1.03 bits per heavy atom. The van der Waals surface area contributed by atoms with Gasteiger partial charge >= 0.3 is 11.9 Å². The number of hydrogen-bond acceptors (Lipinski definition) is 6. The van der Waals surface area contributed by atoms with Gasteiger partial charge in [0.25, 0.3) is 5.91 Å². The van der Waals surface area contributed by atoms with Gasteiger partial charge in [-0.25, -0.2) is 14.3 Å². The molecule has 2 heterocycles. The number of hydrogen-bond donors (Lipinski definition) is 1. The second-order valence-corrected chi connectivity index (χ2v) is 8.97. The highest BCUT2D eigenvalue weighted by Crippen LogP contribution is 2.26. The third-order valence-electron chi connectivity index (χ3n) is 6.04. The van der Waals surface area contributed by atoms with Crippen LogP contribution in [0.4, 0.5) is 5.82 Å². The van der Waals surface area contributed by atoms with Crippen molar-refractivity contribution in [2.75, 3.05) is 25.6 Å². The van der Waals surface area contributed by atoms with Crippen molar-refractivity contribution in [3.8, 4) is 11.3 Å². The molecule has 0 spiro atoms. The highest BCUT2D eigenvalue weighted by atomic mass is 16.5. The zero-order valence-corrected chi connectivity index (χ0v) is 20.6. The van der Waals surface area contributed by atoms with Crippen LogP contribution in [-0.2, 0) is 19.7 Å². The molecule has 0 saturated heterocycles. The van der Waals surface area contributed by atoms with Crippen molar-refractivity contribution >= 4 is 29.2 Å². The van der Waals surface area contributed by atoms with Crippen LogP contribution >= 0.6 is 0 Å². The minimum Gasteiger partial charge on any atom is -0.462 e. The molecule has 0 atom stereocenters.